The van der Waals surface area contributed by atoms with Gasteiger partial charge in [0.25, 0.3) is 0 Å². The lowest BCUT2D eigenvalue weighted by atomic mass is 10.5. The molecule has 2 nitrogen and oxygen atoms in total. The molecule has 70 valence electrons. The molecule has 0 spiro atoms. The molecule has 1 aromatic heterocycles. The summed E-state index contributed by atoms with van der Waals surface area (Å²) in [6.07, 6.45) is 0. The second kappa shape index (κ2) is 7.28. The van der Waals surface area contributed by atoms with Gasteiger partial charge in [-0.1, -0.05) is 13.0 Å². The lowest BCUT2D eigenvalue weighted by Gasteiger charge is -2.00. The van der Waals surface area contributed by atoms with Crippen molar-refractivity contribution >= 4 is 11.3 Å². The van der Waals surface area contributed by atoms with Crippen molar-refractivity contribution in [3.63, 3.8) is 0 Å². The third kappa shape index (κ3) is 6.34. The fourth-order valence-electron chi connectivity index (χ4n) is 0.403. The zero-order valence-corrected chi connectivity index (χ0v) is 8.77. The van der Waals surface area contributed by atoms with Crippen LogP contribution in [-0.4, -0.2) is 30.6 Å². The van der Waals surface area contributed by atoms with Crippen LogP contribution in [0.4, 0.5) is 0 Å². The van der Waals surface area contributed by atoms with Gasteiger partial charge in [0.15, 0.2) is 0 Å². The van der Waals surface area contributed by atoms with E-state index in [2.05, 4.69) is 25.9 Å². The molecule has 0 saturated heterocycles. The van der Waals surface area contributed by atoms with Crippen molar-refractivity contribution in [1.29, 1.82) is 0 Å². The molecule has 1 N–H and O–H groups in total. The maximum Gasteiger partial charge on any atom is 0.0774 e. The Morgan fingerprint density at radius 2 is 2.08 bits per heavy atom. The minimum absolute atomic E-state index is 0.178. The third-order valence-electron chi connectivity index (χ3n) is 1.37. The molecule has 0 radical (unpaired) electrons. The van der Waals surface area contributed by atoms with E-state index in [9.17, 15) is 0 Å². The van der Waals surface area contributed by atoms with Gasteiger partial charge in [0.05, 0.1) is 6.61 Å². The maximum atomic E-state index is 8.44. The SMILES string of the molecule is CCN(C)C.OCc1cccs1. The largest absolute Gasteiger partial charge is 0.391 e. The quantitative estimate of drug-likeness (QED) is 0.763. The Morgan fingerprint density at radius 3 is 2.25 bits per heavy atom. The molecule has 0 fully saturated rings. The molecule has 12 heavy (non-hydrogen) atoms. The Labute approximate surface area is 78.5 Å². The molecule has 1 rings (SSSR count). The van der Waals surface area contributed by atoms with Crippen LogP contribution in [0.25, 0.3) is 0 Å². The van der Waals surface area contributed by atoms with Crippen LogP contribution in [0.2, 0.25) is 0 Å². The molecule has 3 heteroatoms. The minimum Gasteiger partial charge on any atom is -0.391 e. The highest BCUT2D eigenvalue weighted by Gasteiger charge is 1.84. The summed E-state index contributed by atoms with van der Waals surface area (Å²) in [6.45, 7) is 3.44. The Kier molecular flexibility index (Phi) is 7.05. The fourth-order valence-corrected chi connectivity index (χ4v) is 0.966. The van der Waals surface area contributed by atoms with Crippen LogP contribution in [0.5, 0.6) is 0 Å². The van der Waals surface area contributed by atoms with E-state index in [4.69, 9.17) is 5.11 Å². The van der Waals surface area contributed by atoms with Crippen LogP contribution in [0.1, 0.15) is 11.8 Å². The highest BCUT2D eigenvalue weighted by atomic mass is 32.1. The zero-order valence-electron chi connectivity index (χ0n) is 7.95. The molecule has 0 unspecified atom stereocenters. The van der Waals surface area contributed by atoms with Gasteiger partial charge in [-0.3, -0.25) is 0 Å². The van der Waals surface area contributed by atoms with E-state index in [1.807, 2.05) is 17.5 Å². The first-order valence-electron chi connectivity index (χ1n) is 3.98. The topological polar surface area (TPSA) is 23.5 Å². The number of rotatable bonds is 2. The van der Waals surface area contributed by atoms with Crippen LogP contribution in [0, 0.1) is 0 Å². The molecule has 1 heterocycles. The van der Waals surface area contributed by atoms with Gasteiger partial charge in [-0.05, 0) is 32.1 Å². The summed E-state index contributed by atoms with van der Waals surface area (Å²) in [5.74, 6) is 0. The average Bonchev–Trinajstić information content (AvgIpc) is 2.57. The van der Waals surface area contributed by atoms with E-state index in [1.54, 1.807) is 11.3 Å². The summed E-state index contributed by atoms with van der Waals surface area (Å²) in [5.41, 5.74) is 0. The fraction of sp³-hybridized carbons (Fsp3) is 0.556. The first kappa shape index (κ1) is 11.6. The van der Waals surface area contributed by atoms with Gasteiger partial charge < -0.3 is 10.0 Å². The molecule has 0 aliphatic rings. The van der Waals surface area contributed by atoms with Crippen molar-refractivity contribution in [2.24, 2.45) is 0 Å². The van der Waals surface area contributed by atoms with Crippen LogP contribution in [0.3, 0.4) is 0 Å². The van der Waals surface area contributed by atoms with Crippen LogP contribution >= 0.6 is 11.3 Å². The number of nitrogens with zero attached hydrogens (tertiary/aromatic N) is 1. The molecular formula is C9H17NOS. The van der Waals surface area contributed by atoms with E-state index in [0.717, 1.165) is 11.4 Å². The van der Waals surface area contributed by atoms with Gasteiger partial charge >= 0.3 is 0 Å². The minimum atomic E-state index is 0.178. The van der Waals surface area contributed by atoms with Gasteiger partial charge in [-0.15, -0.1) is 11.3 Å². The predicted octanol–water partition coefficient (Wildman–Crippen LogP) is 1.81. The summed E-state index contributed by atoms with van der Waals surface area (Å²) in [5, 5.41) is 10.4. The molecule has 0 aliphatic carbocycles. The number of thiophene rings is 1. The molecule has 0 amide bonds. The Hall–Kier alpha value is -0.380. The zero-order chi connectivity index (χ0) is 9.40. The smallest absolute Gasteiger partial charge is 0.0774 e. The second-order valence-corrected chi connectivity index (χ2v) is 3.67. The second-order valence-electron chi connectivity index (χ2n) is 2.63. The van der Waals surface area contributed by atoms with Crippen molar-refractivity contribution in [2.75, 3.05) is 20.6 Å². The lowest BCUT2D eigenvalue weighted by Crippen LogP contribution is -2.08. The van der Waals surface area contributed by atoms with Crippen LogP contribution in [0.15, 0.2) is 17.5 Å². The molecule has 1 aromatic rings. The summed E-state index contributed by atoms with van der Waals surface area (Å²) in [7, 11) is 4.11. The van der Waals surface area contributed by atoms with E-state index < -0.39 is 0 Å². The van der Waals surface area contributed by atoms with Crippen molar-refractivity contribution < 1.29 is 5.11 Å². The first-order valence-corrected chi connectivity index (χ1v) is 4.86. The van der Waals surface area contributed by atoms with Crippen molar-refractivity contribution in [2.45, 2.75) is 13.5 Å². The Morgan fingerprint density at radius 1 is 1.50 bits per heavy atom. The van der Waals surface area contributed by atoms with Crippen molar-refractivity contribution in [3.05, 3.63) is 22.4 Å². The highest BCUT2D eigenvalue weighted by molar-refractivity contribution is 7.09. The molecule has 0 saturated carbocycles. The van der Waals surface area contributed by atoms with Crippen LogP contribution < -0.4 is 0 Å². The number of aliphatic hydroxyl groups excluding tert-OH is 1. The third-order valence-corrected chi connectivity index (χ3v) is 2.23. The predicted molar refractivity (Wildman–Crippen MR) is 54.5 cm³/mol. The normalized spacial score (nSPS) is 9.42. The number of aliphatic hydroxyl groups is 1. The van der Waals surface area contributed by atoms with Crippen molar-refractivity contribution in [1.82, 2.24) is 4.90 Å². The summed E-state index contributed by atoms with van der Waals surface area (Å²) in [4.78, 5) is 3.15. The van der Waals surface area contributed by atoms with E-state index >= 15 is 0 Å². The molecule has 0 atom stereocenters. The number of hydrogen-bond donors (Lipinski definition) is 1. The maximum absolute atomic E-state index is 8.44. The molecule has 0 aromatic carbocycles. The molecule has 0 aliphatic heterocycles. The standard InChI is InChI=1S/C5H6OS.C4H11N/c6-4-5-2-1-3-7-5;1-4-5(2)3/h1-3,6H,4H2;4H2,1-3H3. The summed E-state index contributed by atoms with van der Waals surface area (Å²) in [6, 6.07) is 3.83. The summed E-state index contributed by atoms with van der Waals surface area (Å²) < 4.78 is 0. The van der Waals surface area contributed by atoms with Crippen molar-refractivity contribution in [3.8, 4) is 0 Å². The highest BCUT2D eigenvalue weighted by Crippen LogP contribution is 2.06. The molecular weight excluding hydrogens is 170 g/mol. The van der Waals surface area contributed by atoms with Gasteiger partial charge in [0, 0.05) is 4.88 Å². The number of hydrogen-bond acceptors (Lipinski definition) is 3. The van der Waals surface area contributed by atoms with Gasteiger partial charge in [0.1, 0.15) is 0 Å². The monoisotopic (exact) mass is 187 g/mol. The van der Waals surface area contributed by atoms with Crippen LogP contribution in [-0.2, 0) is 6.61 Å². The van der Waals surface area contributed by atoms with E-state index in [-0.39, 0.29) is 6.61 Å². The van der Waals surface area contributed by atoms with Gasteiger partial charge in [-0.25, -0.2) is 0 Å². The lowest BCUT2D eigenvalue weighted by molar-refractivity contribution is 0.285. The van der Waals surface area contributed by atoms with E-state index in [0.29, 0.717) is 0 Å². The average molecular weight is 187 g/mol. The Balaban J connectivity index is 0.000000217. The summed E-state index contributed by atoms with van der Waals surface area (Å²) >= 11 is 1.57. The van der Waals surface area contributed by atoms with E-state index in [1.165, 1.54) is 0 Å². The first-order chi connectivity index (χ1) is 5.70. The molecule has 0 bridgehead atoms. The Bertz CT molecular complexity index is 173. The van der Waals surface area contributed by atoms with Gasteiger partial charge in [0.2, 0.25) is 0 Å². The van der Waals surface area contributed by atoms with Gasteiger partial charge in [-0.2, -0.15) is 0 Å².